The molecule has 1 aromatic rings. The summed E-state index contributed by atoms with van der Waals surface area (Å²) in [6.07, 6.45) is 4.54. The van der Waals surface area contributed by atoms with Crippen LogP contribution in [0.3, 0.4) is 0 Å². The van der Waals surface area contributed by atoms with E-state index in [1.807, 2.05) is 0 Å². The van der Waals surface area contributed by atoms with Crippen LogP contribution < -0.4 is 0 Å². The molecule has 13 heavy (non-hydrogen) atoms. The van der Waals surface area contributed by atoms with Gasteiger partial charge in [0.25, 0.3) is 0 Å². The lowest BCUT2D eigenvalue weighted by atomic mass is 9.99. The number of aldehydes is 1. The average molecular weight is 175 g/mol. The fourth-order valence-electron chi connectivity index (χ4n) is 1.09. The normalized spacial score (nSPS) is 19.7. The van der Waals surface area contributed by atoms with Gasteiger partial charge >= 0.3 is 0 Å². The van der Waals surface area contributed by atoms with Crippen LogP contribution in [0.2, 0.25) is 0 Å². The van der Waals surface area contributed by atoms with Gasteiger partial charge in [-0.3, -0.25) is 4.79 Å². The fourth-order valence-corrected chi connectivity index (χ4v) is 1.09. The van der Waals surface area contributed by atoms with Crippen LogP contribution in [0.25, 0.3) is 0 Å². The van der Waals surface area contributed by atoms with E-state index >= 15 is 0 Å². The highest BCUT2D eigenvalue weighted by molar-refractivity contribution is 6.18. The van der Waals surface area contributed by atoms with Gasteiger partial charge in [0.2, 0.25) is 0 Å². The van der Waals surface area contributed by atoms with E-state index in [1.165, 1.54) is 18.7 Å². The fraction of sp³-hybridized carbons (Fsp3) is 0.125. The van der Waals surface area contributed by atoms with E-state index < -0.39 is 5.92 Å². The van der Waals surface area contributed by atoms with Gasteiger partial charge in [0.05, 0.1) is 5.56 Å². The van der Waals surface area contributed by atoms with E-state index in [0.29, 0.717) is 17.7 Å². The van der Waals surface area contributed by atoms with Crippen molar-refractivity contribution in [1.82, 2.24) is 9.97 Å². The number of rotatable bonds is 1. The summed E-state index contributed by atoms with van der Waals surface area (Å²) < 4.78 is 0. The van der Waals surface area contributed by atoms with Crippen molar-refractivity contribution in [3.05, 3.63) is 18.1 Å². The molecule has 2 rings (SSSR count). The summed E-state index contributed by atoms with van der Waals surface area (Å²) in [4.78, 5) is 33.2. The van der Waals surface area contributed by atoms with Crippen LogP contribution >= 0.6 is 0 Å². The minimum absolute atomic E-state index is 0.291. The van der Waals surface area contributed by atoms with E-state index in [0.717, 1.165) is 0 Å². The van der Waals surface area contributed by atoms with Gasteiger partial charge in [-0.15, -0.1) is 0 Å². The third kappa shape index (κ3) is 1.14. The highest BCUT2D eigenvalue weighted by atomic mass is 16.1. The highest BCUT2D eigenvalue weighted by Gasteiger charge is 2.24. The van der Waals surface area contributed by atoms with Gasteiger partial charge in [0.1, 0.15) is 18.5 Å². The van der Waals surface area contributed by atoms with Crippen LogP contribution in [0, 0.1) is 5.92 Å². The number of Topliss-reactive ketones (excluding diaryl/α,β-unsaturated/α-hetero) is 1. The van der Waals surface area contributed by atoms with Crippen molar-refractivity contribution in [2.24, 2.45) is 10.9 Å². The third-order valence-corrected chi connectivity index (χ3v) is 1.76. The predicted molar refractivity (Wildman–Crippen MR) is 44.1 cm³/mol. The number of carbonyl (C=O) groups is 2. The largest absolute Gasteiger partial charge is 0.302 e. The van der Waals surface area contributed by atoms with Crippen LogP contribution in [-0.4, -0.2) is 28.3 Å². The predicted octanol–water partition coefficient (Wildman–Crippen LogP) is 0.190. The van der Waals surface area contributed by atoms with Crippen LogP contribution in [0.1, 0.15) is 10.4 Å². The molecule has 0 fully saturated rings. The third-order valence-electron chi connectivity index (χ3n) is 1.76. The molecule has 5 heteroatoms. The molecule has 1 atom stereocenters. The van der Waals surface area contributed by atoms with Crippen molar-refractivity contribution in [3.8, 4) is 0 Å². The first kappa shape index (κ1) is 7.72. The number of hydrogen-bond donors (Lipinski definition) is 0. The van der Waals surface area contributed by atoms with E-state index in [9.17, 15) is 9.59 Å². The van der Waals surface area contributed by atoms with Gasteiger partial charge in [-0.25, -0.2) is 15.0 Å². The van der Waals surface area contributed by atoms with Gasteiger partial charge in [0, 0.05) is 12.4 Å². The standard InChI is InChI=1S/C8H5N3O2/c12-3-5-1-10-8-6(7(5)13)2-9-4-11-8/h1-5H. The molecule has 0 saturated carbocycles. The molecule has 0 aliphatic carbocycles. The van der Waals surface area contributed by atoms with Crippen molar-refractivity contribution >= 4 is 24.1 Å². The molecule has 0 N–H and O–H groups in total. The topological polar surface area (TPSA) is 72.3 Å². The molecule has 0 amide bonds. The summed E-state index contributed by atoms with van der Waals surface area (Å²) in [7, 11) is 0. The molecule has 64 valence electrons. The Kier molecular flexibility index (Phi) is 1.70. The van der Waals surface area contributed by atoms with E-state index in [-0.39, 0.29) is 5.78 Å². The number of aromatic nitrogens is 2. The Morgan fingerprint density at radius 3 is 3.08 bits per heavy atom. The quantitative estimate of drug-likeness (QED) is 0.451. The van der Waals surface area contributed by atoms with E-state index in [1.54, 1.807) is 0 Å². The van der Waals surface area contributed by atoms with Crippen LogP contribution in [0.4, 0.5) is 5.82 Å². The first-order valence-corrected chi connectivity index (χ1v) is 3.66. The Morgan fingerprint density at radius 2 is 2.31 bits per heavy atom. The van der Waals surface area contributed by atoms with Crippen molar-refractivity contribution in [1.29, 1.82) is 0 Å². The Morgan fingerprint density at radius 1 is 1.46 bits per heavy atom. The molecule has 5 nitrogen and oxygen atoms in total. The zero-order chi connectivity index (χ0) is 9.26. The molecule has 1 aromatic heterocycles. The number of aliphatic imine (C=N–C) groups is 1. The molecule has 0 saturated heterocycles. The van der Waals surface area contributed by atoms with Gasteiger partial charge in [0.15, 0.2) is 11.6 Å². The monoisotopic (exact) mass is 175 g/mol. The summed E-state index contributed by atoms with van der Waals surface area (Å²) in [6.45, 7) is 0. The Balaban J connectivity index is 2.54. The minimum atomic E-state index is -0.779. The molecular formula is C8H5N3O2. The van der Waals surface area contributed by atoms with Gasteiger partial charge in [-0.2, -0.15) is 0 Å². The molecule has 2 heterocycles. The Bertz CT molecular complexity index is 400. The molecular weight excluding hydrogens is 170 g/mol. The molecule has 0 bridgehead atoms. The molecule has 0 radical (unpaired) electrons. The number of hydrogen-bond acceptors (Lipinski definition) is 5. The summed E-state index contributed by atoms with van der Waals surface area (Å²) in [5.74, 6) is -0.739. The van der Waals surface area contributed by atoms with Crippen molar-refractivity contribution < 1.29 is 9.59 Å². The minimum Gasteiger partial charge on any atom is -0.302 e. The Labute approximate surface area is 73.5 Å². The van der Waals surface area contributed by atoms with Gasteiger partial charge in [-0.1, -0.05) is 0 Å². The second kappa shape index (κ2) is 2.85. The number of fused-ring (bicyclic) bond motifs is 1. The van der Waals surface area contributed by atoms with Crippen molar-refractivity contribution in [3.63, 3.8) is 0 Å². The van der Waals surface area contributed by atoms with E-state index in [4.69, 9.17) is 0 Å². The molecule has 0 spiro atoms. The Hall–Kier alpha value is -1.91. The zero-order valence-corrected chi connectivity index (χ0v) is 6.54. The lowest BCUT2D eigenvalue weighted by molar-refractivity contribution is -0.108. The first-order valence-electron chi connectivity index (χ1n) is 3.66. The van der Waals surface area contributed by atoms with Crippen molar-refractivity contribution in [2.75, 3.05) is 0 Å². The molecule has 1 unspecified atom stereocenters. The maximum absolute atomic E-state index is 11.4. The maximum atomic E-state index is 11.4. The SMILES string of the molecule is O=CC1C=Nc2ncncc2C1=O. The molecule has 0 aromatic carbocycles. The highest BCUT2D eigenvalue weighted by Crippen LogP contribution is 2.21. The lowest BCUT2D eigenvalue weighted by Crippen LogP contribution is -2.21. The molecule has 1 aliphatic rings. The van der Waals surface area contributed by atoms with E-state index in [2.05, 4.69) is 15.0 Å². The smallest absolute Gasteiger partial charge is 0.183 e. The maximum Gasteiger partial charge on any atom is 0.183 e. The van der Waals surface area contributed by atoms with Crippen molar-refractivity contribution in [2.45, 2.75) is 0 Å². The van der Waals surface area contributed by atoms with Crippen LogP contribution in [-0.2, 0) is 4.79 Å². The molecule has 1 aliphatic heterocycles. The lowest BCUT2D eigenvalue weighted by Gasteiger charge is -2.09. The first-order chi connectivity index (χ1) is 6.33. The second-order valence-electron chi connectivity index (χ2n) is 2.56. The summed E-state index contributed by atoms with van der Waals surface area (Å²) in [5.41, 5.74) is 0.308. The number of ketones is 1. The zero-order valence-electron chi connectivity index (χ0n) is 6.54. The summed E-state index contributed by atoms with van der Waals surface area (Å²) in [6, 6.07) is 0. The number of carbonyl (C=O) groups excluding carboxylic acids is 2. The van der Waals surface area contributed by atoms with Crippen LogP contribution in [0.5, 0.6) is 0 Å². The summed E-state index contributed by atoms with van der Waals surface area (Å²) in [5, 5.41) is 0. The second-order valence-corrected chi connectivity index (χ2v) is 2.56. The van der Waals surface area contributed by atoms with Crippen LogP contribution in [0.15, 0.2) is 17.5 Å². The number of nitrogens with zero attached hydrogens (tertiary/aromatic N) is 3. The summed E-state index contributed by atoms with van der Waals surface area (Å²) >= 11 is 0. The average Bonchev–Trinajstić information content (AvgIpc) is 2.19. The van der Waals surface area contributed by atoms with Gasteiger partial charge in [-0.05, 0) is 0 Å². The van der Waals surface area contributed by atoms with Gasteiger partial charge < -0.3 is 4.79 Å².